The molecule has 0 saturated carbocycles. The number of rotatable bonds is 6. The summed E-state index contributed by atoms with van der Waals surface area (Å²) >= 11 is 0. The third kappa shape index (κ3) is 3.77. The fraction of sp³-hybridized carbons (Fsp3) is 0.556. The highest BCUT2D eigenvalue weighted by molar-refractivity contribution is 5.88. The molecular weight excluding hydrogens is 328 g/mol. The van der Waals surface area contributed by atoms with E-state index in [0.29, 0.717) is 36.9 Å². The Bertz CT molecular complexity index is 669. The van der Waals surface area contributed by atoms with E-state index in [1.54, 1.807) is 6.92 Å². The molecule has 0 N–H and O–H groups in total. The topological polar surface area (TPSA) is 84.2 Å². The Morgan fingerprint density at radius 2 is 2.08 bits per heavy atom. The van der Waals surface area contributed by atoms with Crippen LogP contribution in [0, 0.1) is 12.8 Å². The van der Waals surface area contributed by atoms with E-state index in [2.05, 4.69) is 6.58 Å². The first-order valence-electron chi connectivity index (χ1n) is 8.36. The van der Waals surface area contributed by atoms with Crippen LogP contribution < -0.4 is 0 Å². The smallest absolute Gasteiger partial charge is 0.333 e. The van der Waals surface area contributed by atoms with Gasteiger partial charge in [0.1, 0.15) is 11.5 Å². The Hall–Kier alpha value is -2.12. The quantitative estimate of drug-likeness (QED) is 0.574. The second kappa shape index (κ2) is 7.41. The van der Waals surface area contributed by atoms with E-state index >= 15 is 0 Å². The van der Waals surface area contributed by atoms with Crippen molar-refractivity contribution in [2.45, 2.75) is 39.1 Å². The van der Waals surface area contributed by atoms with Crippen molar-refractivity contribution in [2.24, 2.45) is 5.92 Å². The molecule has 2 fully saturated rings. The van der Waals surface area contributed by atoms with Crippen molar-refractivity contribution in [3.63, 3.8) is 0 Å². The summed E-state index contributed by atoms with van der Waals surface area (Å²) in [4.78, 5) is 23.5. The molecule has 0 bridgehead atoms. The van der Waals surface area contributed by atoms with Crippen LogP contribution >= 0.6 is 0 Å². The molecule has 0 aromatic carbocycles. The van der Waals surface area contributed by atoms with Crippen molar-refractivity contribution < 1.29 is 33.0 Å². The van der Waals surface area contributed by atoms with Gasteiger partial charge in [-0.25, -0.2) is 4.79 Å². The van der Waals surface area contributed by atoms with Gasteiger partial charge in [-0.15, -0.1) is 0 Å². The van der Waals surface area contributed by atoms with Gasteiger partial charge in [0.05, 0.1) is 32.2 Å². The minimum atomic E-state index is -0.555. The van der Waals surface area contributed by atoms with E-state index < -0.39 is 18.4 Å². The largest absolute Gasteiger partial charge is 0.463 e. The van der Waals surface area contributed by atoms with Crippen LogP contribution in [-0.4, -0.2) is 38.0 Å². The Kier molecular flexibility index (Phi) is 5.24. The van der Waals surface area contributed by atoms with Crippen LogP contribution in [0.3, 0.4) is 0 Å². The van der Waals surface area contributed by atoms with Gasteiger partial charge in [-0.2, -0.15) is 0 Å². The second-order valence-electron chi connectivity index (χ2n) is 6.15. The van der Waals surface area contributed by atoms with Crippen LogP contribution in [0.2, 0.25) is 0 Å². The lowest BCUT2D eigenvalue weighted by Crippen LogP contribution is -2.24. The zero-order valence-corrected chi connectivity index (χ0v) is 14.4. The summed E-state index contributed by atoms with van der Waals surface area (Å²) in [6.45, 7) is 8.64. The Balaban J connectivity index is 1.75. The Labute approximate surface area is 145 Å². The number of aryl methyl sites for hydroxylation is 1. The molecule has 136 valence electrons. The predicted octanol–water partition coefficient (Wildman–Crippen LogP) is 2.23. The molecule has 1 aromatic heterocycles. The highest BCUT2D eigenvalue weighted by Crippen LogP contribution is 2.42. The summed E-state index contributed by atoms with van der Waals surface area (Å²) < 4.78 is 27.3. The molecule has 3 heterocycles. The van der Waals surface area contributed by atoms with Gasteiger partial charge in [0.25, 0.3) is 0 Å². The summed E-state index contributed by atoms with van der Waals surface area (Å²) in [5.41, 5.74) is 1.15. The summed E-state index contributed by atoms with van der Waals surface area (Å²) in [6.07, 6.45) is -0.569. The van der Waals surface area contributed by atoms with Crippen molar-refractivity contribution >= 4 is 11.9 Å². The lowest BCUT2D eigenvalue weighted by atomic mass is 9.97. The maximum Gasteiger partial charge on any atom is 0.333 e. The monoisotopic (exact) mass is 350 g/mol. The lowest BCUT2D eigenvalue weighted by molar-refractivity contribution is -0.143. The number of furan rings is 1. The number of carbonyl (C=O) groups is 2. The summed E-state index contributed by atoms with van der Waals surface area (Å²) in [5, 5.41) is 0. The molecule has 0 radical (unpaired) electrons. The lowest BCUT2D eigenvalue weighted by Gasteiger charge is -2.20. The molecule has 2 aliphatic rings. The fourth-order valence-electron chi connectivity index (χ4n) is 3.14. The highest BCUT2D eigenvalue weighted by atomic mass is 16.7. The van der Waals surface area contributed by atoms with Crippen molar-refractivity contribution in [2.75, 3.05) is 19.8 Å². The van der Waals surface area contributed by atoms with E-state index in [1.807, 2.05) is 13.0 Å². The summed E-state index contributed by atoms with van der Waals surface area (Å²) in [7, 11) is 0. The number of carbonyl (C=O) groups excluding carboxylic acids is 2. The molecule has 2 atom stereocenters. The van der Waals surface area contributed by atoms with Gasteiger partial charge in [-0.1, -0.05) is 6.58 Å². The van der Waals surface area contributed by atoms with Crippen LogP contribution in [0.5, 0.6) is 0 Å². The first-order valence-corrected chi connectivity index (χ1v) is 8.36. The van der Waals surface area contributed by atoms with Crippen molar-refractivity contribution in [3.8, 4) is 0 Å². The van der Waals surface area contributed by atoms with Gasteiger partial charge in [-0.3, -0.25) is 4.79 Å². The zero-order chi connectivity index (χ0) is 18.0. The van der Waals surface area contributed by atoms with Crippen LogP contribution in [0.1, 0.15) is 36.5 Å². The average molecular weight is 350 g/mol. The van der Waals surface area contributed by atoms with Gasteiger partial charge in [0, 0.05) is 12.0 Å². The van der Waals surface area contributed by atoms with E-state index in [-0.39, 0.29) is 24.7 Å². The van der Waals surface area contributed by atoms with Crippen molar-refractivity contribution in [3.05, 3.63) is 35.3 Å². The van der Waals surface area contributed by atoms with Gasteiger partial charge < -0.3 is 23.4 Å². The van der Waals surface area contributed by atoms with Crippen LogP contribution in [0.4, 0.5) is 0 Å². The van der Waals surface area contributed by atoms with Gasteiger partial charge in [0.15, 0.2) is 12.4 Å². The van der Waals surface area contributed by atoms with Gasteiger partial charge in [0.2, 0.25) is 0 Å². The van der Waals surface area contributed by atoms with E-state index in [9.17, 15) is 9.59 Å². The van der Waals surface area contributed by atoms with Crippen LogP contribution in [0.15, 0.2) is 22.6 Å². The molecule has 0 aliphatic carbocycles. The molecule has 0 amide bonds. The maximum absolute atomic E-state index is 11.8. The number of hydrogen-bond donors (Lipinski definition) is 0. The van der Waals surface area contributed by atoms with E-state index in [4.69, 9.17) is 23.4 Å². The number of esters is 2. The van der Waals surface area contributed by atoms with E-state index in [0.717, 1.165) is 5.56 Å². The molecule has 7 heteroatoms. The molecule has 0 spiro atoms. The SMILES string of the molecule is C=C(Cc1cc(C)c([C@H]2OC(=O)C[C@@H]2C2OCCO2)o1)C(=O)OCC. The predicted molar refractivity (Wildman–Crippen MR) is 85.6 cm³/mol. The van der Waals surface area contributed by atoms with Crippen LogP contribution in [-0.2, 0) is 35.0 Å². The van der Waals surface area contributed by atoms with Gasteiger partial charge in [-0.05, 0) is 25.5 Å². The minimum absolute atomic E-state index is 0.223. The molecule has 2 aliphatic heterocycles. The molecule has 1 aromatic rings. The highest BCUT2D eigenvalue weighted by Gasteiger charge is 2.45. The van der Waals surface area contributed by atoms with Crippen LogP contribution in [0.25, 0.3) is 0 Å². The van der Waals surface area contributed by atoms with Crippen molar-refractivity contribution in [1.82, 2.24) is 0 Å². The number of hydrogen-bond acceptors (Lipinski definition) is 7. The zero-order valence-electron chi connectivity index (χ0n) is 14.4. The molecule has 3 rings (SSSR count). The third-order valence-corrected chi connectivity index (χ3v) is 4.26. The maximum atomic E-state index is 11.8. The molecular formula is C18H22O7. The van der Waals surface area contributed by atoms with Gasteiger partial charge >= 0.3 is 11.9 Å². The number of ether oxygens (including phenoxy) is 4. The Morgan fingerprint density at radius 1 is 1.36 bits per heavy atom. The normalized spacial score (nSPS) is 23.7. The Morgan fingerprint density at radius 3 is 2.76 bits per heavy atom. The molecule has 0 unspecified atom stereocenters. The first-order chi connectivity index (χ1) is 12.0. The molecule has 2 saturated heterocycles. The standard InChI is InChI=1S/C18H22O7/c1-4-21-17(20)11(3)8-12-7-10(2)15(24-12)16-13(9-14(19)25-16)18-22-5-6-23-18/h7,13,16,18H,3-6,8-9H2,1-2H3/t13-,16-/m0/s1. The molecule has 25 heavy (non-hydrogen) atoms. The van der Waals surface area contributed by atoms with Crippen molar-refractivity contribution in [1.29, 1.82) is 0 Å². The first kappa shape index (κ1) is 17.7. The third-order valence-electron chi connectivity index (χ3n) is 4.26. The summed E-state index contributed by atoms with van der Waals surface area (Å²) in [5.74, 6) is 0.126. The summed E-state index contributed by atoms with van der Waals surface area (Å²) in [6, 6.07) is 1.82. The average Bonchev–Trinajstić information content (AvgIpc) is 3.27. The van der Waals surface area contributed by atoms with E-state index in [1.165, 1.54) is 0 Å². The minimum Gasteiger partial charge on any atom is -0.463 e. The number of cyclic esters (lactones) is 1. The second-order valence-corrected chi connectivity index (χ2v) is 6.15. The fourth-order valence-corrected chi connectivity index (χ4v) is 3.14. The molecule has 7 nitrogen and oxygen atoms in total.